The second kappa shape index (κ2) is 8.83. The topological polar surface area (TPSA) is 77.5 Å². The van der Waals surface area contributed by atoms with Gasteiger partial charge in [0, 0.05) is 5.56 Å². The average Bonchev–Trinajstić information content (AvgIpc) is 3.08. The van der Waals surface area contributed by atoms with Crippen molar-refractivity contribution < 1.29 is 23.5 Å². The molecule has 0 fully saturated rings. The van der Waals surface area contributed by atoms with Gasteiger partial charge in [-0.1, -0.05) is 6.07 Å². The number of thiazole rings is 1. The number of aryl methyl sites for hydroxylation is 2. The Morgan fingerprint density at radius 3 is 2.55 bits per heavy atom. The van der Waals surface area contributed by atoms with Gasteiger partial charge in [0.25, 0.3) is 5.91 Å². The van der Waals surface area contributed by atoms with E-state index in [-0.39, 0.29) is 5.82 Å². The lowest BCUT2D eigenvalue weighted by Crippen LogP contribution is -2.21. The van der Waals surface area contributed by atoms with Gasteiger partial charge in [0.15, 0.2) is 6.61 Å². The lowest BCUT2D eigenvalue weighted by Gasteiger charge is -2.11. The van der Waals surface area contributed by atoms with Crippen molar-refractivity contribution in [3.8, 4) is 16.3 Å². The van der Waals surface area contributed by atoms with E-state index in [1.165, 1.54) is 19.2 Å². The molecule has 0 unspecified atom stereocenters. The molecule has 1 amide bonds. The zero-order chi connectivity index (χ0) is 21.0. The SMILES string of the molecule is COc1ccc(C)cc1NC(=O)COC(=O)c1sc(-c2ccc(F)cc2)nc1C. The number of hydrogen-bond donors (Lipinski definition) is 1. The molecule has 1 aromatic heterocycles. The molecule has 0 radical (unpaired) electrons. The first-order valence-electron chi connectivity index (χ1n) is 8.72. The zero-order valence-electron chi connectivity index (χ0n) is 16.1. The van der Waals surface area contributed by atoms with Gasteiger partial charge in [-0.15, -0.1) is 11.3 Å². The highest BCUT2D eigenvalue weighted by Crippen LogP contribution is 2.29. The minimum absolute atomic E-state index is 0.297. The van der Waals surface area contributed by atoms with Gasteiger partial charge in [-0.25, -0.2) is 14.2 Å². The highest BCUT2D eigenvalue weighted by molar-refractivity contribution is 7.17. The summed E-state index contributed by atoms with van der Waals surface area (Å²) in [6.45, 7) is 3.12. The summed E-state index contributed by atoms with van der Waals surface area (Å²) in [5.41, 5.74) is 2.63. The molecule has 1 N–H and O–H groups in total. The van der Waals surface area contributed by atoms with Gasteiger partial charge in [0.1, 0.15) is 21.5 Å². The number of benzene rings is 2. The molecule has 6 nitrogen and oxygen atoms in total. The molecule has 0 atom stereocenters. The molecule has 29 heavy (non-hydrogen) atoms. The first-order valence-corrected chi connectivity index (χ1v) is 9.54. The monoisotopic (exact) mass is 414 g/mol. The van der Waals surface area contributed by atoms with Crippen LogP contribution in [-0.2, 0) is 9.53 Å². The van der Waals surface area contributed by atoms with E-state index in [4.69, 9.17) is 9.47 Å². The number of anilines is 1. The number of nitrogens with zero attached hydrogens (tertiary/aromatic N) is 1. The fourth-order valence-electron chi connectivity index (χ4n) is 2.60. The Morgan fingerprint density at radius 1 is 1.14 bits per heavy atom. The molecule has 0 aliphatic heterocycles. The van der Waals surface area contributed by atoms with Crippen LogP contribution in [0.3, 0.4) is 0 Å². The van der Waals surface area contributed by atoms with Gasteiger partial charge in [0.05, 0.1) is 18.5 Å². The van der Waals surface area contributed by atoms with E-state index in [0.717, 1.165) is 16.9 Å². The van der Waals surface area contributed by atoms with Crippen molar-refractivity contribution in [2.45, 2.75) is 13.8 Å². The van der Waals surface area contributed by atoms with E-state index in [1.807, 2.05) is 13.0 Å². The van der Waals surface area contributed by atoms with Crippen LogP contribution >= 0.6 is 11.3 Å². The molecule has 0 aliphatic carbocycles. The van der Waals surface area contributed by atoms with Crippen LogP contribution in [0.15, 0.2) is 42.5 Å². The number of ether oxygens (including phenoxy) is 2. The van der Waals surface area contributed by atoms with Gasteiger partial charge in [-0.3, -0.25) is 4.79 Å². The maximum absolute atomic E-state index is 13.1. The molecule has 0 aliphatic rings. The summed E-state index contributed by atoms with van der Waals surface area (Å²) in [5.74, 6) is -0.960. The van der Waals surface area contributed by atoms with Crippen LogP contribution in [0.1, 0.15) is 20.9 Å². The van der Waals surface area contributed by atoms with Crippen molar-refractivity contribution >= 4 is 28.9 Å². The number of carbonyl (C=O) groups excluding carboxylic acids is 2. The van der Waals surface area contributed by atoms with Gasteiger partial charge in [0.2, 0.25) is 0 Å². The zero-order valence-corrected chi connectivity index (χ0v) is 16.9. The Morgan fingerprint density at radius 2 is 1.86 bits per heavy atom. The van der Waals surface area contributed by atoms with Gasteiger partial charge in [-0.05, 0) is 55.8 Å². The summed E-state index contributed by atoms with van der Waals surface area (Å²) < 4.78 is 23.4. The first kappa shape index (κ1) is 20.5. The van der Waals surface area contributed by atoms with Crippen LogP contribution in [0.2, 0.25) is 0 Å². The van der Waals surface area contributed by atoms with Crippen LogP contribution < -0.4 is 10.1 Å². The average molecular weight is 414 g/mol. The molecule has 1 heterocycles. The highest BCUT2D eigenvalue weighted by Gasteiger charge is 2.19. The minimum atomic E-state index is -0.639. The van der Waals surface area contributed by atoms with Crippen molar-refractivity contribution in [2.75, 3.05) is 19.0 Å². The Hall–Kier alpha value is -3.26. The smallest absolute Gasteiger partial charge is 0.350 e. The number of halogens is 1. The molecule has 0 spiro atoms. The quantitative estimate of drug-likeness (QED) is 0.606. The van der Waals surface area contributed by atoms with Crippen molar-refractivity contribution in [3.63, 3.8) is 0 Å². The number of methoxy groups -OCH3 is 1. The second-order valence-electron chi connectivity index (χ2n) is 6.27. The number of hydrogen-bond acceptors (Lipinski definition) is 6. The predicted molar refractivity (Wildman–Crippen MR) is 109 cm³/mol. The lowest BCUT2D eigenvalue weighted by molar-refractivity contribution is -0.119. The second-order valence-corrected chi connectivity index (χ2v) is 7.27. The van der Waals surface area contributed by atoms with E-state index in [2.05, 4.69) is 10.3 Å². The summed E-state index contributed by atoms with van der Waals surface area (Å²) in [6, 6.07) is 11.2. The Balaban J connectivity index is 1.64. The molecule has 150 valence electrons. The third-order valence-electron chi connectivity index (χ3n) is 4.04. The van der Waals surface area contributed by atoms with Crippen molar-refractivity contribution in [1.82, 2.24) is 4.98 Å². The van der Waals surface area contributed by atoms with Crippen LogP contribution in [0.5, 0.6) is 5.75 Å². The summed E-state index contributed by atoms with van der Waals surface area (Å²) >= 11 is 1.13. The Labute approximate surface area is 171 Å². The van der Waals surface area contributed by atoms with Crippen LogP contribution in [-0.4, -0.2) is 30.6 Å². The summed E-state index contributed by atoms with van der Waals surface area (Å²) in [7, 11) is 1.51. The van der Waals surface area contributed by atoms with E-state index < -0.39 is 18.5 Å². The summed E-state index contributed by atoms with van der Waals surface area (Å²) in [5, 5.41) is 3.24. The summed E-state index contributed by atoms with van der Waals surface area (Å²) in [4.78, 5) is 29.2. The molecule has 2 aromatic carbocycles. The maximum Gasteiger partial charge on any atom is 0.350 e. The number of amides is 1. The molecule has 0 saturated carbocycles. The van der Waals surface area contributed by atoms with E-state index in [1.54, 1.807) is 31.2 Å². The van der Waals surface area contributed by atoms with Crippen LogP contribution in [0.25, 0.3) is 10.6 Å². The fraction of sp³-hybridized carbons (Fsp3) is 0.190. The third kappa shape index (κ3) is 4.97. The maximum atomic E-state index is 13.1. The third-order valence-corrected chi connectivity index (χ3v) is 5.22. The van der Waals surface area contributed by atoms with Crippen molar-refractivity contribution in [1.29, 1.82) is 0 Å². The molecule has 0 saturated heterocycles. The molecule has 0 bridgehead atoms. The number of aromatic nitrogens is 1. The predicted octanol–water partition coefficient (Wildman–Crippen LogP) is 4.37. The molecule has 3 aromatic rings. The molecular weight excluding hydrogens is 395 g/mol. The standard InChI is InChI=1S/C21H19FN2O4S/c1-12-4-9-17(27-3)16(10-12)24-18(25)11-28-21(26)19-13(2)23-20(29-19)14-5-7-15(22)8-6-14/h4-10H,11H2,1-3H3,(H,24,25). The summed E-state index contributed by atoms with van der Waals surface area (Å²) in [6.07, 6.45) is 0. The van der Waals surface area contributed by atoms with E-state index in [0.29, 0.717) is 32.6 Å². The van der Waals surface area contributed by atoms with Gasteiger partial charge < -0.3 is 14.8 Å². The van der Waals surface area contributed by atoms with E-state index in [9.17, 15) is 14.0 Å². The van der Waals surface area contributed by atoms with Crippen LogP contribution in [0.4, 0.5) is 10.1 Å². The Kier molecular flexibility index (Phi) is 6.23. The van der Waals surface area contributed by atoms with Crippen LogP contribution in [0, 0.1) is 19.7 Å². The molecular formula is C21H19FN2O4S. The first-order chi connectivity index (χ1) is 13.9. The van der Waals surface area contributed by atoms with Crippen molar-refractivity contribution in [2.24, 2.45) is 0 Å². The number of esters is 1. The number of rotatable bonds is 6. The largest absolute Gasteiger partial charge is 0.495 e. The normalized spacial score (nSPS) is 10.5. The fourth-order valence-corrected chi connectivity index (χ4v) is 3.57. The lowest BCUT2D eigenvalue weighted by atomic mass is 10.2. The highest BCUT2D eigenvalue weighted by atomic mass is 32.1. The molecule has 3 rings (SSSR count). The van der Waals surface area contributed by atoms with E-state index >= 15 is 0 Å². The minimum Gasteiger partial charge on any atom is -0.495 e. The molecule has 8 heteroatoms. The number of nitrogens with one attached hydrogen (secondary N) is 1. The van der Waals surface area contributed by atoms with Gasteiger partial charge >= 0.3 is 5.97 Å². The Bertz CT molecular complexity index is 1050. The van der Waals surface area contributed by atoms with Crippen molar-refractivity contribution in [3.05, 3.63) is 64.4 Å². The van der Waals surface area contributed by atoms with Gasteiger partial charge in [-0.2, -0.15) is 0 Å². The number of carbonyl (C=O) groups is 2.